The summed E-state index contributed by atoms with van der Waals surface area (Å²) in [5, 5.41) is 3.96. The van der Waals surface area contributed by atoms with E-state index >= 15 is 0 Å². The number of nitrogens with one attached hydrogen (secondary N) is 1. The average Bonchev–Trinajstić information content (AvgIpc) is 2.63. The molecule has 2 aromatic carbocycles. The summed E-state index contributed by atoms with van der Waals surface area (Å²) in [6.07, 6.45) is 5.39. The molecule has 1 heterocycles. The highest BCUT2D eigenvalue weighted by molar-refractivity contribution is 7.12. The minimum absolute atomic E-state index is 0.366. The lowest BCUT2D eigenvalue weighted by Crippen LogP contribution is -2.06. The van der Waals surface area contributed by atoms with Crippen LogP contribution in [0.5, 0.6) is 0 Å². The first kappa shape index (κ1) is 16.7. The highest BCUT2D eigenvalue weighted by Gasteiger charge is 2.02. The van der Waals surface area contributed by atoms with Gasteiger partial charge >= 0.3 is 0 Å². The Labute approximate surface area is 150 Å². The van der Waals surface area contributed by atoms with E-state index in [-0.39, 0.29) is 0 Å². The molecule has 0 atom stereocenters. The van der Waals surface area contributed by atoms with Gasteiger partial charge in [-0.05, 0) is 37.3 Å². The Morgan fingerprint density at radius 1 is 0.960 bits per heavy atom. The standard InChI is InChI=1S/C19H17N5S/c1-2-3-14-20-17-23-18(21-15-10-6-4-7-11-15)25-19(24-17)22-16-12-8-5-9-13-16/h2-14H,1H3,(H,21,22,23,24)/b3-2+,20-14+. The van der Waals surface area contributed by atoms with Crippen molar-refractivity contribution in [2.75, 3.05) is 5.32 Å². The molecule has 0 aliphatic heterocycles. The third kappa shape index (κ3) is 5.19. The summed E-state index contributed by atoms with van der Waals surface area (Å²) in [5.41, 5.74) is 1.79. The highest BCUT2D eigenvalue weighted by atomic mass is 32.1. The maximum Gasteiger partial charge on any atom is 0.254 e. The Morgan fingerprint density at radius 3 is 2.40 bits per heavy atom. The molecule has 0 saturated carbocycles. The summed E-state index contributed by atoms with van der Waals surface area (Å²) >= 11 is 1.37. The van der Waals surface area contributed by atoms with Crippen LogP contribution in [0.15, 0.2) is 82.8 Å². The third-order valence-corrected chi connectivity index (χ3v) is 3.81. The van der Waals surface area contributed by atoms with Crippen LogP contribution in [-0.2, 0) is 0 Å². The van der Waals surface area contributed by atoms with Crippen LogP contribution in [0.4, 0.5) is 22.5 Å². The van der Waals surface area contributed by atoms with Gasteiger partial charge in [0.2, 0.25) is 4.80 Å². The molecular formula is C19H17N5S. The Kier molecular flexibility index (Phi) is 5.79. The van der Waals surface area contributed by atoms with Gasteiger partial charge in [-0.3, -0.25) is 0 Å². The van der Waals surface area contributed by atoms with Crippen molar-refractivity contribution in [3.05, 3.63) is 77.6 Å². The van der Waals surface area contributed by atoms with Crippen molar-refractivity contribution in [3.8, 4) is 0 Å². The van der Waals surface area contributed by atoms with Crippen LogP contribution < -0.4 is 10.1 Å². The molecule has 0 radical (unpaired) electrons. The van der Waals surface area contributed by atoms with Crippen LogP contribution in [0, 0.1) is 0 Å². The molecule has 25 heavy (non-hydrogen) atoms. The minimum atomic E-state index is 0.366. The summed E-state index contributed by atoms with van der Waals surface area (Å²) in [6.45, 7) is 1.93. The second kappa shape index (κ2) is 8.65. The lowest BCUT2D eigenvalue weighted by Gasteiger charge is -2.04. The van der Waals surface area contributed by atoms with Gasteiger partial charge in [-0.25, -0.2) is 9.98 Å². The predicted octanol–water partition coefficient (Wildman–Crippen LogP) is 4.79. The van der Waals surface area contributed by atoms with Crippen LogP contribution in [-0.4, -0.2) is 16.2 Å². The number of para-hydroxylation sites is 2. The number of nitrogens with zero attached hydrogens (tertiary/aromatic N) is 4. The highest BCUT2D eigenvalue weighted by Crippen LogP contribution is 2.18. The maximum atomic E-state index is 4.57. The second-order valence-corrected chi connectivity index (χ2v) is 5.91. The van der Waals surface area contributed by atoms with Crippen LogP contribution in [0.2, 0.25) is 0 Å². The lowest BCUT2D eigenvalue weighted by molar-refractivity contribution is 1.12. The number of allylic oxidation sites excluding steroid dienone is 2. The summed E-state index contributed by atoms with van der Waals surface area (Å²) < 4.78 is 0. The first-order valence-corrected chi connectivity index (χ1v) is 8.61. The van der Waals surface area contributed by atoms with E-state index in [9.17, 15) is 0 Å². The minimum Gasteiger partial charge on any atom is -0.331 e. The SMILES string of the molecule is C/C=C/C=N/c1nc(Nc2ccccc2)sc(=Nc2ccccc2)n1. The van der Waals surface area contributed by atoms with E-state index in [4.69, 9.17) is 0 Å². The molecule has 0 bridgehead atoms. The Bertz CT molecular complexity index is 931. The summed E-state index contributed by atoms with van der Waals surface area (Å²) in [7, 11) is 0. The summed E-state index contributed by atoms with van der Waals surface area (Å²) in [5.74, 6) is 0.366. The van der Waals surface area contributed by atoms with Crippen LogP contribution in [0.1, 0.15) is 6.92 Å². The zero-order chi connectivity index (χ0) is 17.3. The fourth-order valence-electron chi connectivity index (χ4n) is 1.95. The van der Waals surface area contributed by atoms with E-state index in [1.807, 2.05) is 79.7 Å². The van der Waals surface area contributed by atoms with E-state index in [1.54, 1.807) is 6.21 Å². The topological polar surface area (TPSA) is 62.5 Å². The molecule has 0 amide bonds. The first-order valence-electron chi connectivity index (χ1n) is 7.80. The Hall–Kier alpha value is -3.12. The maximum absolute atomic E-state index is 4.57. The van der Waals surface area contributed by atoms with Crippen molar-refractivity contribution in [3.63, 3.8) is 0 Å². The number of benzene rings is 2. The summed E-state index contributed by atoms with van der Waals surface area (Å²) in [4.78, 5) is 18.3. The van der Waals surface area contributed by atoms with E-state index in [0.29, 0.717) is 15.9 Å². The van der Waals surface area contributed by atoms with Gasteiger partial charge in [-0.15, -0.1) is 0 Å². The van der Waals surface area contributed by atoms with Gasteiger partial charge in [-0.2, -0.15) is 9.97 Å². The van der Waals surface area contributed by atoms with Crippen molar-refractivity contribution >= 4 is 40.0 Å². The molecule has 0 fully saturated rings. The number of rotatable bonds is 5. The Morgan fingerprint density at radius 2 is 1.68 bits per heavy atom. The molecule has 5 nitrogen and oxygen atoms in total. The van der Waals surface area contributed by atoms with Gasteiger partial charge in [0.25, 0.3) is 5.95 Å². The molecule has 6 heteroatoms. The molecule has 124 valence electrons. The van der Waals surface area contributed by atoms with Crippen LogP contribution in [0.25, 0.3) is 0 Å². The number of anilines is 2. The van der Waals surface area contributed by atoms with Crippen molar-refractivity contribution in [1.82, 2.24) is 9.97 Å². The molecule has 0 saturated heterocycles. The zero-order valence-corrected chi connectivity index (χ0v) is 14.5. The fourth-order valence-corrected chi connectivity index (χ4v) is 2.69. The molecule has 0 aliphatic carbocycles. The summed E-state index contributed by atoms with van der Waals surface area (Å²) in [6, 6.07) is 19.6. The van der Waals surface area contributed by atoms with Gasteiger partial charge < -0.3 is 5.32 Å². The number of aliphatic imine (C=N–C) groups is 1. The third-order valence-electron chi connectivity index (χ3n) is 3.06. The second-order valence-electron chi connectivity index (χ2n) is 4.96. The van der Waals surface area contributed by atoms with Crippen molar-refractivity contribution < 1.29 is 0 Å². The smallest absolute Gasteiger partial charge is 0.254 e. The number of hydrogen-bond donors (Lipinski definition) is 1. The molecule has 0 spiro atoms. The predicted molar refractivity (Wildman–Crippen MR) is 104 cm³/mol. The van der Waals surface area contributed by atoms with Gasteiger partial charge in [-0.1, -0.05) is 53.8 Å². The number of hydrogen-bond acceptors (Lipinski definition) is 6. The van der Waals surface area contributed by atoms with E-state index in [1.165, 1.54) is 11.3 Å². The average molecular weight is 347 g/mol. The van der Waals surface area contributed by atoms with E-state index in [2.05, 4.69) is 25.3 Å². The molecule has 1 aromatic heterocycles. The molecule has 3 rings (SSSR count). The quantitative estimate of drug-likeness (QED) is 0.675. The van der Waals surface area contributed by atoms with Gasteiger partial charge in [0, 0.05) is 11.9 Å². The van der Waals surface area contributed by atoms with Gasteiger partial charge in [0.15, 0.2) is 5.13 Å². The van der Waals surface area contributed by atoms with E-state index in [0.717, 1.165) is 11.4 Å². The van der Waals surface area contributed by atoms with Crippen molar-refractivity contribution in [1.29, 1.82) is 0 Å². The van der Waals surface area contributed by atoms with Crippen LogP contribution >= 0.6 is 11.3 Å². The molecule has 0 unspecified atom stereocenters. The molecular weight excluding hydrogens is 330 g/mol. The Balaban J connectivity index is 2.00. The van der Waals surface area contributed by atoms with Gasteiger partial charge in [0.1, 0.15) is 0 Å². The number of aromatic nitrogens is 2. The van der Waals surface area contributed by atoms with Crippen molar-refractivity contribution in [2.45, 2.75) is 6.92 Å². The normalized spacial score (nSPS) is 12.1. The monoisotopic (exact) mass is 347 g/mol. The van der Waals surface area contributed by atoms with Gasteiger partial charge in [0.05, 0.1) is 5.69 Å². The van der Waals surface area contributed by atoms with E-state index < -0.39 is 0 Å². The molecule has 0 aliphatic rings. The first-order chi connectivity index (χ1) is 12.3. The molecule has 1 N–H and O–H groups in total. The van der Waals surface area contributed by atoms with Crippen LogP contribution in [0.3, 0.4) is 0 Å². The lowest BCUT2D eigenvalue weighted by atomic mass is 10.3. The largest absolute Gasteiger partial charge is 0.331 e. The zero-order valence-electron chi connectivity index (χ0n) is 13.7. The molecule has 3 aromatic rings. The van der Waals surface area contributed by atoms with Crippen molar-refractivity contribution in [2.24, 2.45) is 9.98 Å². The fraction of sp³-hybridized carbons (Fsp3) is 0.0526.